The molecule has 1 heterocycles. The van der Waals surface area contributed by atoms with Crippen LogP contribution in [0.25, 0.3) is 17.1 Å². The molecule has 1 N–H and O–H groups in total. The third-order valence-corrected chi connectivity index (χ3v) is 5.40. The van der Waals surface area contributed by atoms with E-state index in [-0.39, 0.29) is 17.8 Å². The third-order valence-electron chi connectivity index (χ3n) is 5.40. The highest BCUT2D eigenvalue weighted by Crippen LogP contribution is 2.24. The molecular weight excluding hydrogens is 348 g/mol. The van der Waals surface area contributed by atoms with Crippen molar-refractivity contribution in [1.29, 1.82) is 0 Å². The van der Waals surface area contributed by atoms with Gasteiger partial charge in [0.25, 0.3) is 5.91 Å². The number of amides is 1. The van der Waals surface area contributed by atoms with Gasteiger partial charge in [0.1, 0.15) is 0 Å². The molecule has 1 fully saturated rings. The first-order chi connectivity index (χ1) is 13.6. The molecule has 2 aromatic carbocycles. The number of hydrogen-bond acceptors (Lipinski definition) is 3. The maximum Gasteiger partial charge on any atom is 0.291 e. The van der Waals surface area contributed by atoms with Crippen LogP contribution in [-0.4, -0.2) is 26.7 Å². The summed E-state index contributed by atoms with van der Waals surface area (Å²) < 4.78 is 1.79. The van der Waals surface area contributed by atoms with Crippen LogP contribution in [0.4, 0.5) is 0 Å². The lowest BCUT2D eigenvalue weighted by Gasteiger charge is -2.21. The first-order valence-electron chi connectivity index (χ1n) is 10.0. The molecule has 1 saturated carbocycles. The van der Waals surface area contributed by atoms with Crippen molar-refractivity contribution >= 4 is 5.91 Å². The highest BCUT2D eigenvalue weighted by Gasteiger charge is 2.22. The monoisotopic (exact) mass is 374 g/mol. The van der Waals surface area contributed by atoms with E-state index in [1.807, 2.05) is 55.5 Å². The summed E-state index contributed by atoms with van der Waals surface area (Å²) in [5.41, 5.74) is 4.14. The van der Waals surface area contributed by atoms with Gasteiger partial charge in [-0.05, 0) is 38.3 Å². The molecule has 4 rings (SSSR count). The van der Waals surface area contributed by atoms with Crippen molar-refractivity contribution in [1.82, 2.24) is 20.1 Å². The van der Waals surface area contributed by atoms with E-state index >= 15 is 0 Å². The minimum atomic E-state index is -0.187. The number of hydrogen-bond donors (Lipinski definition) is 1. The summed E-state index contributed by atoms with van der Waals surface area (Å²) in [6.45, 7) is 4.09. The predicted molar refractivity (Wildman–Crippen MR) is 111 cm³/mol. The van der Waals surface area contributed by atoms with Gasteiger partial charge in [0.2, 0.25) is 5.82 Å². The lowest BCUT2D eigenvalue weighted by atomic mass is 9.95. The van der Waals surface area contributed by atoms with Gasteiger partial charge in [-0.1, -0.05) is 67.3 Å². The second-order valence-electron chi connectivity index (χ2n) is 7.63. The minimum absolute atomic E-state index is 0.187. The van der Waals surface area contributed by atoms with Gasteiger partial charge in [0.05, 0.1) is 5.69 Å². The zero-order chi connectivity index (χ0) is 19.5. The summed E-state index contributed by atoms with van der Waals surface area (Å²) in [4.78, 5) is 17.5. The van der Waals surface area contributed by atoms with E-state index in [1.54, 1.807) is 4.68 Å². The molecule has 1 aromatic heterocycles. The summed E-state index contributed by atoms with van der Waals surface area (Å²) in [6, 6.07) is 16.4. The number of aromatic nitrogens is 3. The molecule has 3 aromatic rings. The first kappa shape index (κ1) is 18.4. The van der Waals surface area contributed by atoms with Gasteiger partial charge >= 0.3 is 0 Å². The zero-order valence-corrected chi connectivity index (χ0v) is 16.5. The lowest BCUT2D eigenvalue weighted by molar-refractivity contribution is 0.0917. The third kappa shape index (κ3) is 3.84. The molecule has 5 heteroatoms. The van der Waals surface area contributed by atoms with Crippen molar-refractivity contribution in [2.75, 3.05) is 0 Å². The van der Waals surface area contributed by atoms with Crippen molar-refractivity contribution in [2.24, 2.45) is 0 Å². The second-order valence-corrected chi connectivity index (χ2v) is 7.63. The van der Waals surface area contributed by atoms with E-state index < -0.39 is 0 Å². The van der Waals surface area contributed by atoms with Crippen molar-refractivity contribution < 1.29 is 4.79 Å². The van der Waals surface area contributed by atoms with E-state index in [9.17, 15) is 4.79 Å². The molecule has 144 valence electrons. The van der Waals surface area contributed by atoms with Crippen LogP contribution in [0.2, 0.25) is 0 Å². The Hall–Kier alpha value is -2.95. The number of aryl methyl sites for hydroxylation is 2. The molecule has 0 radical (unpaired) electrons. The van der Waals surface area contributed by atoms with Crippen LogP contribution in [-0.2, 0) is 0 Å². The summed E-state index contributed by atoms with van der Waals surface area (Å²) in [5, 5.41) is 7.72. The molecule has 0 bridgehead atoms. The fraction of sp³-hybridized carbons (Fsp3) is 0.348. The Morgan fingerprint density at radius 2 is 1.71 bits per heavy atom. The molecule has 0 spiro atoms. The zero-order valence-electron chi connectivity index (χ0n) is 16.5. The summed E-state index contributed by atoms with van der Waals surface area (Å²) in [6.07, 6.45) is 5.67. The average Bonchev–Trinajstić information content (AvgIpc) is 3.15. The number of carbonyl (C=O) groups is 1. The number of benzene rings is 2. The smallest absolute Gasteiger partial charge is 0.291 e. The molecule has 1 aliphatic rings. The summed E-state index contributed by atoms with van der Waals surface area (Å²) >= 11 is 0. The number of carbonyl (C=O) groups excluding carboxylic acids is 1. The Bertz CT molecular complexity index is 969. The van der Waals surface area contributed by atoms with Crippen molar-refractivity contribution in [3.63, 3.8) is 0 Å². The molecular formula is C23H26N4O. The molecule has 0 aliphatic heterocycles. The Morgan fingerprint density at radius 3 is 2.43 bits per heavy atom. The maximum absolute atomic E-state index is 12.8. The van der Waals surface area contributed by atoms with E-state index in [2.05, 4.69) is 22.3 Å². The van der Waals surface area contributed by atoms with Crippen LogP contribution in [0.5, 0.6) is 0 Å². The Kier molecular flexibility index (Phi) is 5.24. The Morgan fingerprint density at radius 1 is 1.00 bits per heavy atom. The quantitative estimate of drug-likeness (QED) is 0.725. The molecule has 0 saturated heterocycles. The standard InChI is InChI=1S/C23H26N4O/c1-16-12-14-18(15-13-16)22-25-21(23(28)24-19-9-4-3-5-10-19)26-27(22)20-11-7-6-8-17(20)2/h6-8,11-15,19H,3-5,9-10H2,1-2H3,(H,24,28). The van der Waals surface area contributed by atoms with Gasteiger partial charge in [0, 0.05) is 11.6 Å². The number of rotatable bonds is 4. The average molecular weight is 374 g/mol. The molecule has 0 atom stereocenters. The SMILES string of the molecule is Cc1ccc(-c2nc(C(=O)NC3CCCCC3)nn2-c2ccccc2C)cc1. The number of nitrogens with zero attached hydrogens (tertiary/aromatic N) is 3. The van der Waals surface area contributed by atoms with Crippen molar-refractivity contribution in [3.05, 3.63) is 65.5 Å². The largest absolute Gasteiger partial charge is 0.347 e. The van der Waals surface area contributed by atoms with Gasteiger partial charge < -0.3 is 5.32 Å². The van der Waals surface area contributed by atoms with E-state index in [0.29, 0.717) is 5.82 Å². The fourth-order valence-corrected chi connectivity index (χ4v) is 3.76. The van der Waals surface area contributed by atoms with E-state index in [1.165, 1.54) is 24.8 Å². The van der Waals surface area contributed by atoms with Gasteiger partial charge in [-0.15, -0.1) is 5.10 Å². The maximum atomic E-state index is 12.8. The summed E-state index contributed by atoms with van der Waals surface area (Å²) in [5.74, 6) is 0.722. The van der Waals surface area contributed by atoms with Crippen LogP contribution < -0.4 is 5.32 Å². The molecule has 0 unspecified atom stereocenters. The van der Waals surface area contributed by atoms with Crippen LogP contribution in [0.3, 0.4) is 0 Å². The van der Waals surface area contributed by atoms with Crippen LogP contribution >= 0.6 is 0 Å². The lowest BCUT2D eigenvalue weighted by Crippen LogP contribution is -2.36. The predicted octanol–water partition coefficient (Wildman–Crippen LogP) is 4.61. The van der Waals surface area contributed by atoms with E-state index in [4.69, 9.17) is 0 Å². The van der Waals surface area contributed by atoms with Gasteiger partial charge in [-0.2, -0.15) is 0 Å². The van der Waals surface area contributed by atoms with Crippen molar-refractivity contribution in [3.8, 4) is 17.1 Å². The summed E-state index contributed by atoms with van der Waals surface area (Å²) in [7, 11) is 0. The molecule has 1 aliphatic carbocycles. The van der Waals surface area contributed by atoms with Crippen LogP contribution in [0.15, 0.2) is 48.5 Å². The second kappa shape index (κ2) is 7.97. The molecule has 28 heavy (non-hydrogen) atoms. The van der Waals surface area contributed by atoms with Gasteiger partial charge in [0.15, 0.2) is 5.82 Å². The van der Waals surface area contributed by atoms with Crippen LogP contribution in [0.1, 0.15) is 53.8 Å². The Labute approximate surface area is 165 Å². The Balaban J connectivity index is 1.72. The molecule has 1 amide bonds. The fourth-order valence-electron chi connectivity index (χ4n) is 3.76. The van der Waals surface area contributed by atoms with E-state index in [0.717, 1.165) is 29.7 Å². The minimum Gasteiger partial charge on any atom is -0.347 e. The van der Waals surface area contributed by atoms with Crippen LogP contribution in [0, 0.1) is 13.8 Å². The topological polar surface area (TPSA) is 59.8 Å². The first-order valence-corrected chi connectivity index (χ1v) is 10.0. The highest BCUT2D eigenvalue weighted by molar-refractivity contribution is 5.91. The van der Waals surface area contributed by atoms with Crippen molar-refractivity contribution in [2.45, 2.75) is 52.0 Å². The van der Waals surface area contributed by atoms with Gasteiger partial charge in [-0.3, -0.25) is 4.79 Å². The molecule has 5 nitrogen and oxygen atoms in total. The number of nitrogens with one attached hydrogen (secondary N) is 1. The number of para-hydroxylation sites is 1. The van der Waals surface area contributed by atoms with Gasteiger partial charge in [-0.25, -0.2) is 9.67 Å². The normalized spacial score (nSPS) is 14.8. The highest BCUT2D eigenvalue weighted by atomic mass is 16.2.